The van der Waals surface area contributed by atoms with Crippen LogP contribution in [0.2, 0.25) is 0 Å². The molecule has 0 radical (unpaired) electrons. The highest BCUT2D eigenvalue weighted by Crippen LogP contribution is 2.29. The van der Waals surface area contributed by atoms with E-state index in [0.717, 1.165) is 12.1 Å². The molecular formula is C14H19F3O2. The lowest BCUT2D eigenvalue weighted by Crippen LogP contribution is -2.40. The normalized spacial score (nSPS) is 14.5. The summed E-state index contributed by atoms with van der Waals surface area (Å²) in [6.45, 7) is 5.81. The Morgan fingerprint density at radius 3 is 2.11 bits per heavy atom. The number of halogens is 3. The van der Waals surface area contributed by atoms with Crippen LogP contribution in [-0.4, -0.2) is 23.4 Å². The fourth-order valence-corrected chi connectivity index (χ4v) is 1.77. The van der Waals surface area contributed by atoms with Crippen LogP contribution in [0.25, 0.3) is 0 Å². The molecule has 1 N–H and O–H groups in total. The van der Waals surface area contributed by atoms with Gasteiger partial charge in [0.2, 0.25) is 0 Å². The number of alkyl halides is 3. The number of benzene rings is 1. The largest absolute Gasteiger partial charge is 0.416 e. The molecular weight excluding hydrogens is 257 g/mol. The maximum Gasteiger partial charge on any atom is 0.416 e. The van der Waals surface area contributed by atoms with E-state index in [9.17, 15) is 18.3 Å². The van der Waals surface area contributed by atoms with Gasteiger partial charge >= 0.3 is 6.18 Å². The number of hydrogen-bond donors (Lipinski definition) is 1. The molecule has 0 bridgehead atoms. The van der Waals surface area contributed by atoms with Crippen molar-refractivity contribution in [2.75, 3.05) is 6.61 Å². The van der Waals surface area contributed by atoms with Gasteiger partial charge in [0.05, 0.1) is 17.3 Å². The quantitative estimate of drug-likeness (QED) is 0.893. The van der Waals surface area contributed by atoms with Gasteiger partial charge in [-0.15, -0.1) is 0 Å². The predicted molar refractivity (Wildman–Crippen MR) is 66.9 cm³/mol. The van der Waals surface area contributed by atoms with E-state index in [2.05, 4.69) is 0 Å². The number of hydrogen-bond acceptors (Lipinski definition) is 2. The van der Waals surface area contributed by atoms with Gasteiger partial charge in [-0.1, -0.05) is 12.1 Å². The van der Waals surface area contributed by atoms with Crippen LogP contribution in [0.15, 0.2) is 24.3 Å². The molecule has 2 nitrogen and oxygen atoms in total. The summed E-state index contributed by atoms with van der Waals surface area (Å²) in [6, 6.07) is 4.81. The van der Waals surface area contributed by atoms with Gasteiger partial charge in [-0.05, 0) is 38.5 Å². The molecule has 1 unspecified atom stereocenters. The summed E-state index contributed by atoms with van der Waals surface area (Å²) < 4.78 is 42.6. The van der Waals surface area contributed by atoms with E-state index in [1.165, 1.54) is 12.1 Å². The average Bonchev–Trinajstić information content (AvgIpc) is 2.28. The van der Waals surface area contributed by atoms with Crippen molar-refractivity contribution in [1.29, 1.82) is 0 Å². The smallest absolute Gasteiger partial charge is 0.390 e. The SMILES string of the molecule is CCOC(C)(C)C(O)Cc1ccc(C(F)(F)F)cc1. The maximum absolute atomic E-state index is 12.4. The summed E-state index contributed by atoms with van der Waals surface area (Å²) in [5, 5.41) is 10.0. The highest BCUT2D eigenvalue weighted by atomic mass is 19.4. The minimum Gasteiger partial charge on any atom is -0.390 e. The third-order valence-electron chi connectivity index (χ3n) is 3.03. The van der Waals surface area contributed by atoms with Gasteiger partial charge in [0, 0.05) is 13.0 Å². The van der Waals surface area contributed by atoms with Crippen molar-refractivity contribution in [2.24, 2.45) is 0 Å². The van der Waals surface area contributed by atoms with Gasteiger partial charge in [0.15, 0.2) is 0 Å². The molecule has 0 aliphatic rings. The van der Waals surface area contributed by atoms with Crippen LogP contribution in [0.3, 0.4) is 0 Å². The topological polar surface area (TPSA) is 29.5 Å². The van der Waals surface area contributed by atoms with E-state index in [1.54, 1.807) is 13.8 Å². The van der Waals surface area contributed by atoms with Crippen LogP contribution in [0.4, 0.5) is 13.2 Å². The first-order valence-electron chi connectivity index (χ1n) is 6.15. The predicted octanol–water partition coefficient (Wildman–Crippen LogP) is 3.42. The zero-order valence-electron chi connectivity index (χ0n) is 11.3. The Labute approximate surface area is 111 Å². The molecule has 108 valence electrons. The lowest BCUT2D eigenvalue weighted by molar-refractivity contribution is -0.137. The highest BCUT2D eigenvalue weighted by molar-refractivity contribution is 5.25. The molecule has 0 aliphatic carbocycles. The highest BCUT2D eigenvalue weighted by Gasteiger charge is 2.31. The Balaban J connectivity index is 2.73. The van der Waals surface area contributed by atoms with E-state index in [0.29, 0.717) is 12.2 Å². The molecule has 0 fully saturated rings. The van der Waals surface area contributed by atoms with Crippen molar-refractivity contribution in [2.45, 2.75) is 45.1 Å². The molecule has 0 heterocycles. The fourth-order valence-electron chi connectivity index (χ4n) is 1.77. The third kappa shape index (κ3) is 4.51. The Kier molecular flexibility index (Phi) is 4.98. The Morgan fingerprint density at radius 1 is 1.16 bits per heavy atom. The summed E-state index contributed by atoms with van der Waals surface area (Å²) >= 11 is 0. The molecule has 5 heteroatoms. The molecule has 19 heavy (non-hydrogen) atoms. The Hall–Kier alpha value is -1.07. The fraction of sp³-hybridized carbons (Fsp3) is 0.571. The molecule has 0 spiro atoms. The molecule has 0 saturated carbocycles. The van der Waals surface area contributed by atoms with Crippen molar-refractivity contribution >= 4 is 0 Å². The summed E-state index contributed by atoms with van der Waals surface area (Å²) in [5.74, 6) is 0. The van der Waals surface area contributed by atoms with Crippen molar-refractivity contribution < 1.29 is 23.0 Å². The van der Waals surface area contributed by atoms with Crippen molar-refractivity contribution in [3.63, 3.8) is 0 Å². The van der Waals surface area contributed by atoms with Crippen molar-refractivity contribution in [3.8, 4) is 0 Å². The molecule has 0 amide bonds. The number of aliphatic hydroxyl groups excluding tert-OH is 1. The molecule has 0 saturated heterocycles. The first kappa shape index (κ1) is 16.0. The first-order chi connectivity index (χ1) is 8.66. The minimum atomic E-state index is -4.33. The molecule has 1 rings (SSSR count). The second-order valence-corrected chi connectivity index (χ2v) is 4.95. The minimum absolute atomic E-state index is 0.255. The molecule has 0 aromatic heterocycles. The summed E-state index contributed by atoms with van der Waals surface area (Å²) in [5.41, 5.74) is -0.764. The molecule has 1 atom stereocenters. The zero-order chi connectivity index (χ0) is 14.7. The van der Waals surface area contributed by atoms with Gasteiger partial charge in [0.1, 0.15) is 0 Å². The number of rotatable bonds is 5. The first-order valence-corrected chi connectivity index (χ1v) is 6.15. The van der Waals surface area contributed by atoms with Gasteiger partial charge in [-0.3, -0.25) is 0 Å². The van der Waals surface area contributed by atoms with Crippen LogP contribution in [0.1, 0.15) is 31.9 Å². The Bertz CT molecular complexity index is 396. The second-order valence-electron chi connectivity index (χ2n) is 4.95. The van der Waals surface area contributed by atoms with Gasteiger partial charge in [-0.2, -0.15) is 13.2 Å². The van der Waals surface area contributed by atoms with E-state index < -0.39 is 23.4 Å². The summed E-state index contributed by atoms with van der Waals surface area (Å²) in [7, 11) is 0. The van der Waals surface area contributed by atoms with E-state index in [-0.39, 0.29) is 6.42 Å². The van der Waals surface area contributed by atoms with E-state index >= 15 is 0 Å². The van der Waals surface area contributed by atoms with Gasteiger partial charge in [0.25, 0.3) is 0 Å². The summed E-state index contributed by atoms with van der Waals surface area (Å²) in [6.07, 6.45) is -4.85. The Morgan fingerprint density at radius 2 is 1.68 bits per heavy atom. The van der Waals surface area contributed by atoms with Crippen LogP contribution < -0.4 is 0 Å². The molecule has 1 aromatic carbocycles. The molecule has 0 aliphatic heterocycles. The van der Waals surface area contributed by atoms with Crippen molar-refractivity contribution in [3.05, 3.63) is 35.4 Å². The van der Waals surface area contributed by atoms with Crippen LogP contribution in [-0.2, 0) is 17.3 Å². The van der Waals surface area contributed by atoms with Crippen molar-refractivity contribution in [1.82, 2.24) is 0 Å². The standard InChI is InChI=1S/C14H19F3O2/c1-4-19-13(2,3)12(18)9-10-5-7-11(8-6-10)14(15,16)17/h5-8,12,18H,4,9H2,1-3H3. The van der Waals surface area contributed by atoms with Crippen LogP contribution in [0.5, 0.6) is 0 Å². The second kappa shape index (κ2) is 5.92. The lowest BCUT2D eigenvalue weighted by Gasteiger charge is -2.30. The number of aliphatic hydroxyl groups is 1. The monoisotopic (exact) mass is 276 g/mol. The average molecular weight is 276 g/mol. The van der Waals surface area contributed by atoms with Gasteiger partial charge in [-0.25, -0.2) is 0 Å². The maximum atomic E-state index is 12.4. The van der Waals surface area contributed by atoms with E-state index in [4.69, 9.17) is 4.74 Å². The lowest BCUT2D eigenvalue weighted by atomic mass is 9.94. The zero-order valence-corrected chi connectivity index (χ0v) is 11.3. The molecule has 1 aromatic rings. The van der Waals surface area contributed by atoms with Crippen LogP contribution in [0, 0.1) is 0 Å². The number of ether oxygens (including phenoxy) is 1. The third-order valence-corrected chi connectivity index (χ3v) is 3.03. The van der Waals surface area contributed by atoms with E-state index in [1.807, 2.05) is 6.92 Å². The van der Waals surface area contributed by atoms with Gasteiger partial charge < -0.3 is 9.84 Å². The summed E-state index contributed by atoms with van der Waals surface area (Å²) in [4.78, 5) is 0. The van der Waals surface area contributed by atoms with Crippen LogP contribution >= 0.6 is 0 Å².